The number of carbonyl (C=O) groups excluding carboxylic acids is 1. The first kappa shape index (κ1) is 23.5. The molecule has 0 spiro atoms. The molecule has 0 N–H and O–H groups in total. The van der Waals surface area contributed by atoms with Crippen molar-refractivity contribution in [1.29, 1.82) is 0 Å². The van der Waals surface area contributed by atoms with E-state index in [4.69, 9.17) is 42.8 Å². The zero-order valence-corrected chi connectivity index (χ0v) is 21.0. The van der Waals surface area contributed by atoms with E-state index < -0.39 is 0 Å². The van der Waals surface area contributed by atoms with Gasteiger partial charge in [0.15, 0.2) is 27.3 Å². The summed E-state index contributed by atoms with van der Waals surface area (Å²) < 4.78 is 23.0. The summed E-state index contributed by atoms with van der Waals surface area (Å²) in [7, 11) is 0. The molecule has 35 heavy (non-hydrogen) atoms. The molecule has 0 atom stereocenters. The summed E-state index contributed by atoms with van der Waals surface area (Å²) in [5, 5.41) is 0.645. The lowest BCUT2D eigenvalue weighted by molar-refractivity contribution is -0.113. The number of fused-ring (bicyclic) bond motifs is 1. The number of thioether (sulfide) groups is 1. The van der Waals surface area contributed by atoms with Gasteiger partial charge in [-0.3, -0.25) is 9.69 Å². The molecule has 0 bridgehead atoms. The molecule has 5 rings (SSSR count). The molecule has 2 heterocycles. The third-order valence-electron chi connectivity index (χ3n) is 5.31. The van der Waals surface area contributed by atoms with E-state index in [1.807, 2.05) is 49.4 Å². The number of halogens is 1. The summed E-state index contributed by atoms with van der Waals surface area (Å²) in [5.41, 5.74) is 2.32. The third kappa shape index (κ3) is 4.96. The molecule has 9 heteroatoms. The first-order chi connectivity index (χ1) is 17.0. The van der Waals surface area contributed by atoms with E-state index in [0.717, 1.165) is 11.1 Å². The van der Waals surface area contributed by atoms with Crippen LogP contribution in [0.15, 0.2) is 65.6 Å². The SMILES string of the molecule is CCOc1cc(/C=C2/SC(=S)N(c3ccc4c(c3)OCO4)C2=O)ccc1OCc1ccccc1Cl. The number of thiocarbonyl (C=S) groups is 1. The first-order valence-electron chi connectivity index (χ1n) is 10.8. The lowest BCUT2D eigenvalue weighted by Gasteiger charge is -2.15. The summed E-state index contributed by atoms with van der Waals surface area (Å²) in [4.78, 5) is 15.2. The zero-order chi connectivity index (χ0) is 24.4. The maximum Gasteiger partial charge on any atom is 0.270 e. The van der Waals surface area contributed by atoms with Gasteiger partial charge in [-0.2, -0.15) is 0 Å². The monoisotopic (exact) mass is 525 g/mol. The molecular formula is C26H20ClNO5S2. The van der Waals surface area contributed by atoms with Gasteiger partial charge in [-0.05, 0) is 48.9 Å². The molecule has 1 fully saturated rings. The molecule has 0 radical (unpaired) electrons. The van der Waals surface area contributed by atoms with Crippen LogP contribution in [-0.2, 0) is 11.4 Å². The van der Waals surface area contributed by atoms with E-state index in [2.05, 4.69) is 0 Å². The number of benzene rings is 3. The summed E-state index contributed by atoms with van der Waals surface area (Å²) in [6, 6.07) is 18.4. The van der Waals surface area contributed by atoms with E-state index in [9.17, 15) is 4.79 Å². The van der Waals surface area contributed by atoms with E-state index in [1.54, 1.807) is 24.3 Å². The highest BCUT2D eigenvalue weighted by atomic mass is 35.5. The molecule has 178 valence electrons. The van der Waals surface area contributed by atoms with E-state index >= 15 is 0 Å². The molecule has 3 aromatic carbocycles. The van der Waals surface area contributed by atoms with Gasteiger partial charge in [-0.1, -0.05) is 59.8 Å². The summed E-state index contributed by atoms with van der Waals surface area (Å²) in [5.74, 6) is 2.22. The third-order valence-corrected chi connectivity index (χ3v) is 6.99. The standard InChI is InChI=1S/C26H20ClNO5S2/c1-2-30-22-11-16(7-9-20(22)31-14-17-5-3-4-6-19(17)27)12-24-25(29)28(26(34)35-24)18-8-10-21-23(13-18)33-15-32-21/h3-13H,2,14-15H2,1H3/b24-12+. The van der Waals surface area contributed by atoms with Crippen molar-refractivity contribution >= 4 is 57.6 Å². The minimum atomic E-state index is -0.198. The zero-order valence-electron chi connectivity index (χ0n) is 18.7. The summed E-state index contributed by atoms with van der Waals surface area (Å²) in [6.07, 6.45) is 1.80. The fourth-order valence-electron chi connectivity index (χ4n) is 3.64. The number of rotatable bonds is 7. The number of hydrogen-bond donors (Lipinski definition) is 0. The Balaban J connectivity index is 1.36. The number of hydrogen-bond acceptors (Lipinski definition) is 7. The van der Waals surface area contributed by atoms with Crippen LogP contribution in [-0.4, -0.2) is 23.6 Å². The molecule has 2 aliphatic rings. The number of nitrogens with zero attached hydrogens (tertiary/aromatic N) is 1. The number of anilines is 1. The van der Waals surface area contributed by atoms with Crippen LogP contribution >= 0.6 is 35.6 Å². The van der Waals surface area contributed by atoms with Crippen LogP contribution in [0.4, 0.5) is 5.69 Å². The summed E-state index contributed by atoms with van der Waals surface area (Å²) in [6.45, 7) is 2.85. The maximum absolute atomic E-state index is 13.2. The van der Waals surface area contributed by atoms with Crippen LogP contribution in [0.1, 0.15) is 18.1 Å². The average Bonchev–Trinajstić information content (AvgIpc) is 3.43. The number of amides is 1. The second kappa shape index (κ2) is 10.2. The van der Waals surface area contributed by atoms with Crippen LogP contribution in [0.3, 0.4) is 0 Å². The van der Waals surface area contributed by atoms with Gasteiger partial charge in [0.1, 0.15) is 6.61 Å². The largest absolute Gasteiger partial charge is 0.490 e. The van der Waals surface area contributed by atoms with Crippen molar-refractivity contribution in [1.82, 2.24) is 0 Å². The van der Waals surface area contributed by atoms with Crippen molar-refractivity contribution in [2.75, 3.05) is 18.3 Å². The molecule has 1 amide bonds. The molecule has 1 saturated heterocycles. The smallest absolute Gasteiger partial charge is 0.270 e. The fraction of sp³-hybridized carbons (Fsp3) is 0.154. The summed E-state index contributed by atoms with van der Waals surface area (Å²) >= 11 is 13.0. The van der Waals surface area contributed by atoms with Crippen LogP contribution in [0, 0.1) is 0 Å². The van der Waals surface area contributed by atoms with Crippen molar-refractivity contribution < 1.29 is 23.7 Å². The molecule has 0 saturated carbocycles. The highest BCUT2D eigenvalue weighted by Gasteiger charge is 2.34. The van der Waals surface area contributed by atoms with Crippen molar-refractivity contribution in [3.05, 3.63) is 81.7 Å². The topological polar surface area (TPSA) is 57.2 Å². The van der Waals surface area contributed by atoms with E-state index in [-0.39, 0.29) is 12.7 Å². The highest BCUT2D eigenvalue weighted by molar-refractivity contribution is 8.27. The second-order valence-corrected chi connectivity index (χ2v) is 9.66. The van der Waals surface area contributed by atoms with Crippen LogP contribution in [0.5, 0.6) is 23.0 Å². The Morgan fingerprint density at radius 2 is 1.89 bits per heavy atom. The van der Waals surface area contributed by atoms with Crippen LogP contribution in [0.25, 0.3) is 6.08 Å². The Hall–Kier alpha value is -3.20. The van der Waals surface area contributed by atoms with Gasteiger partial charge in [-0.15, -0.1) is 0 Å². The fourth-order valence-corrected chi connectivity index (χ4v) is 5.13. The van der Waals surface area contributed by atoms with Crippen molar-refractivity contribution in [2.24, 2.45) is 0 Å². The van der Waals surface area contributed by atoms with Crippen molar-refractivity contribution in [3.63, 3.8) is 0 Å². The first-order valence-corrected chi connectivity index (χ1v) is 12.4. The Morgan fingerprint density at radius 3 is 2.71 bits per heavy atom. The quantitative estimate of drug-likeness (QED) is 0.259. The second-order valence-electron chi connectivity index (χ2n) is 7.57. The predicted octanol–water partition coefficient (Wildman–Crippen LogP) is 6.45. The molecule has 0 unspecified atom stereocenters. The molecule has 3 aromatic rings. The van der Waals surface area contributed by atoms with Gasteiger partial charge in [0, 0.05) is 16.7 Å². The molecule has 0 aliphatic carbocycles. The Bertz CT molecular complexity index is 1340. The predicted molar refractivity (Wildman–Crippen MR) is 142 cm³/mol. The minimum absolute atomic E-state index is 0.164. The Kier molecular flexibility index (Phi) is 6.86. The lowest BCUT2D eigenvalue weighted by Crippen LogP contribution is -2.27. The number of ether oxygens (including phenoxy) is 4. The van der Waals surface area contributed by atoms with Gasteiger partial charge in [-0.25, -0.2) is 0 Å². The Labute approximate surface area is 217 Å². The van der Waals surface area contributed by atoms with Crippen molar-refractivity contribution in [2.45, 2.75) is 13.5 Å². The lowest BCUT2D eigenvalue weighted by atomic mass is 10.1. The van der Waals surface area contributed by atoms with E-state index in [0.29, 0.717) is 56.1 Å². The normalized spacial score (nSPS) is 15.7. The van der Waals surface area contributed by atoms with E-state index in [1.165, 1.54) is 16.7 Å². The Morgan fingerprint density at radius 1 is 1.06 bits per heavy atom. The van der Waals surface area contributed by atoms with Gasteiger partial charge in [0.05, 0.1) is 17.2 Å². The van der Waals surface area contributed by atoms with Crippen LogP contribution < -0.4 is 23.8 Å². The van der Waals surface area contributed by atoms with Crippen molar-refractivity contribution in [3.8, 4) is 23.0 Å². The van der Waals surface area contributed by atoms with Gasteiger partial charge < -0.3 is 18.9 Å². The molecular weight excluding hydrogens is 506 g/mol. The minimum Gasteiger partial charge on any atom is -0.490 e. The maximum atomic E-state index is 13.2. The average molecular weight is 526 g/mol. The van der Waals surface area contributed by atoms with Gasteiger partial charge in [0.2, 0.25) is 6.79 Å². The van der Waals surface area contributed by atoms with Crippen LogP contribution in [0.2, 0.25) is 5.02 Å². The molecule has 6 nitrogen and oxygen atoms in total. The van der Waals surface area contributed by atoms with Gasteiger partial charge >= 0.3 is 0 Å². The number of carbonyl (C=O) groups is 1. The van der Waals surface area contributed by atoms with Gasteiger partial charge in [0.25, 0.3) is 5.91 Å². The highest BCUT2D eigenvalue weighted by Crippen LogP contribution is 2.41. The molecule has 0 aromatic heterocycles. The molecule has 2 aliphatic heterocycles.